The van der Waals surface area contributed by atoms with Crippen molar-refractivity contribution in [3.05, 3.63) is 63.6 Å². The molecule has 2 aromatic carbocycles. The Labute approximate surface area is 136 Å². The van der Waals surface area contributed by atoms with Crippen molar-refractivity contribution >= 4 is 32.5 Å². The third kappa shape index (κ3) is 3.69. The maximum atomic E-state index is 12.5. The first-order chi connectivity index (χ1) is 9.90. The fraction of sp³-hybridized carbons (Fsp3) is 0.235. The molecule has 0 aliphatic carbocycles. The van der Waals surface area contributed by atoms with Gasteiger partial charge in [0.05, 0.1) is 16.0 Å². The van der Waals surface area contributed by atoms with E-state index in [0.29, 0.717) is 10.5 Å². The molecule has 2 unspecified atom stereocenters. The van der Waals surface area contributed by atoms with Crippen molar-refractivity contribution in [2.45, 2.75) is 30.9 Å². The van der Waals surface area contributed by atoms with Gasteiger partial charge in [0.25, 0.3) is 0 Å². The number of hydrogen-bond donors (Lipinski definition) is 0. The van der Waals surface area contributed by atoms with Gasteiger partial charge in [-0.25, -0.2) is 0 Å². The predicted octanol–water partition coefficient (Wildman–Crippen LogP) is 4.44. The smallest absolute Gasteiger partial charge is 0.178 e. The molecule has 0 aromatic heterocycles. The van der Waals surface area contributed by atoms with Gasteiger partial charge in [-0.3, -0.25) is 9.00 Å². The fourth-order valence-corrected chi connectivity index (χ4v) is 3.77. The summed E-state index contributed by atoms with van der Waals surface area (Å²) in [6.45, 7) is 5.70. The summed E-state index contributed by atoms with van der Waals surface area (Å²) >= 11 is 3.36. The zero-order valence-corrected chi connectivity index (χ0v) is 14.6. The summed E-state index contributed by atoms with van der Waals surface area (Å²) in [6, 6.07) is 12.9. The van der Waals surface area contributed by atoms with E-state index in [0.717, 1.165) is 15.6 Å². The molecule has 110 valence electrons. The van der Waals surface area contributed by atoms with Crippen LogP contribution in [0.5, 0.6) is 0 Å². The van der Waals surface area contributed by atoms with E-state index in [1.165, 1.54) is 0 Å². The minimum absolute atomic E-state index is 0.0867. The molecular formula is C17H17BrO2S. The summed E-state index contributed by atoms with van der Waals surface area (Å²) in [5.41, 5.74) is 2.84. The summed E-state index contributed by atoms with van der Waals surface area (Å²) in [5.74, 6) is -0.0867. The predicted molar refractivity (Wildman–Crippen MR) is 90.3 cm³/mol. The molecule has 0 saturated carbocycles. The van der Waals surface area contributed by atoms with Crippen molar-refractivity contribution in [2.24, 2.45) is 0 Å². The van der Waals surface area contributed by atoms with Gasteiger partial charge in [-0.15, -0.1) is 0 Å². The van der Waals surface area contributed by atoms with E-state index in [1.54, 1.807) is 25.1 Å². The SMILES string of the molecule is Cc1ccc(C(=O)C(C)S(=O)c2cccc(Br)c2)cc1C. The van der Waals surface area contributed by atoms with Crippen molar-refractivity contribution in [1.29, 1.82) is 0 Å². The standard InChI is InChI=1S/C17H17BrO2S/c1-11-7-8-14(9-12(11)2)17(19)13(3)21(20)16-6-4-5-15(18)10-16/h4-10,13H,1-3H3. The molecule has 0 amide bonds. The molecule has 4 heteroatoms. The van der Waals surface area contributed by atoms with Gasteiger partial charge in [0.15, 0.2) is 5.78 Å². The van der Waals surface area contributed by atoms with Crippen molar-refractivity contribution in [1.82, 2.24) is 0 Å². The molecule has 2 aromatic rings. The highest BCUT2D eigenvalue weighted by atomic mass is 79.9. The van der Waals surface area contributed by atoms with Crippen molar-refractivity contribution in [3.63, 3.8) is 0 Å². The van der Waals surface area contributed by atoms with Crippen LogP contribution in [0.2, 0.25) is 0 Å². The van der Waals surface area contributed by atoms with E-state index in [9.17, 15) is 9.00 Å². The molecule has 0 fully saturated rings. The van der Waals surface area contributed by atoms with Gasteiger partial charge in [0.2, 0.25) is 0 Å². The Morgan fingerprint density at radius 3 is 2.43 bits per heavy atom. The summed E-state index contributed by atoms with van der Waals surface area (Å²) < 4.78 is 13.4. The van der Waals surface area contributed by atoms with Gasteiger partial charge in [-0.1, -0.05) is 34.1 Å². The minimum atomic E-state index is -1.36. The highest BCUT2D eigenvalue weighted by molar-refractivity contribution is 9.10. The Bertz CT molecular complexity index is 710. The summed E-state index contributed by atoms with van der Waals surface area (Å²) in [6.07, 6.45) is 0. The van der Waals surface area contributed by atoms with Gasteiger partial charge < -0.3 is 0 Å². The zero-order valence-electron chi connectivity index (χ0n) is 12.2. The lowest BCUT2D eigenvalue weighted by Gasteiger charge is -2.12. The van der Waals surface area contributed by atoms with Gasteiger partial charge in [-0.2, -0.15) is 0 Å². The molecule has 21 heavy (non-hydrogen) atoms. The van der Waals surface area contributed by atoms with Gasteiger partial charge in [0.1, 0.15) is 0 Å². The van der Waals surface area contributed by atoms with Gasteiger partial charge in [0, 0.05) is 14.9 Å². The molecule has 2 rings (SSSR count). The van der Waals surface area contributed by atoms with Crippen LogP contribution in [0.15, 0.2) is 51.8 Å². The summed E-state index contributed by atoms with van der Waals surface area (Å²) in [7, 11) is -1.36. The van der Waals surface area contributed by atoms with Crippen LogP contribution in [-0.4, -0.2) is 15.2 Å². The molecule has 0 heterocycles. The third-order valence-corrected chi connectivity index (χ3v) is 5.58. The normalized spacial score (nSPS) is 13.7. The van der Waals surface area contributed by atoms with Gasteiger partial charge >= 0.3 is 0 Å². The third-order valence-electron chi connectivity index (χ3n) is 3.51. The monoisotopic (exact) mass is 364 g/mol. The molecule has 0 aliphatic rings. The van der Waals surface area contributed by atoms with Crippen molar-refractivity contribution in [2.75, 3.05) is 0 Å². The number of aryl methyl sites for hydroxylation is 2. The van der Waals surface area contributed by atoms with E-state index in [1.807, 2.05) is 38.1 Å². The van der Waals surface area contributed by atoms with Crippen LogP contribution < -0.4 is 0 Å². The Morgan fingerprint density at radius 2 is 1.81 bits per heavy atom. The Balaban J connectivity index is 2.26. The highest BCUT2D eigenvalue weighted by Gasteiger charge is 2.23. The van der Waals surface area contributed by atoms with Crippen LogP contribution in [0.1, 0.15) is 28.4 Å². The molecule has 0 bridgehead atoms. The van der Waals surface area contributed by atoms with E-state index in [2.05, 4.69) is 15.9 Å². The van der Waals surface area contributed by atoms with Crippen LogP contribution in [0, 0.1) is 13.8 Å². The van der Waals surface area contributed by atoms with Crippen LogP contribution in [0.4, 0.5) is 0 Å². The zero-order chi connectivity index (χ0) is 15.6. The first kappa shape index (κ1) is 16.1. The number of Topliss-reactive ketones (excluding diaryl/α,β-unsaturated/α-hetero) is 1. The first-order valence-corrected chi connectivity index (χ1v) is 8.68. The molecular weight excluding hydrogens is 348 g/mol. The van der Waals surface area contributed by atoms with E-state index in [4.69, 9.17) is 0 Å². The van der Waals surface area contributed by atoms with Crippen LogP contribution in [0.25, 0.3) is 0 Å². The first-order valence-electron chi connectivity index (χ1n) is 6.68. The number of benzene rings is 2. The lowest BCUT2D eigenvalue weighted by atomic mass is 10.0. The number of hydrogen-bond acceptors (Lipinski definition) is 2. The Hall–Kier alpha value is -1.26. The molecule has 0 N–H and O–H groups in total. The molecule has 0 radical (unpaired) electrons. The maximum absolute atomic E-state index is 12.5. The quantitative estimate of drug-likeness (QED) is 0.751. The molecule has 0 aliphatic heterocycles. The van der Waals surface area contributed by atoms with Crippen LogP contribution in [0.3, 0.4) is 0 Å². The van der Waals surface area contributed by atoms with Crippen molar-refractivity contribution in [3.8, 4) is 0 Å². The fourth-order valence-electron chi connectivity index (χ4n) is 2.02. The Morgan fingerprint density at radius 1 is 1.10 bits per heavy atom. The second-order valence-corrected chi connectivity index (χ2v) is 7.75. The summed E-state index contributed by atoms with van der Waals surface area (Å²) in [4.78, 5) is 13.2. The summed E-state index contributed by atoms with van der Waals surface area (Å²) in [5, 5.41) is -0.568. The van der Waals surface area contributed by atoms with Gasteiger partial charge in [-0.05, 0) is 56.2 Å². The molecule has 0 saturated heterocycles. The molecule has 2 atom stereocenters. The second-order valence-electron chi connectivity index (χ2n) is 5.06. The van der Waals surface area contributed by atoms with E-state index < -0.39 is 16.0 Å². The van der Waals surface area contributed by atoms with Crippen LogP contribution in [-0.2, 0) is 10.8 Å². The molecule has 2 nitrogen and oxygen atoms in total. The largest absolute Gasteiger partial charge is 0.293 e. The lowest BCUT2D eigenvalue weighted by Crippen LogP contribution is -2.23. The number of rotatable bonds is 4. The second kappa shape index (κ2) is 6.67. The maximum Gasteiger partial charge on any atom is 0.178 e. The van der Waals surface area contributed by atoms with E-state index >= 15 is 0 Å². The number of halogens is 1. The molecule has 0 spiro atoms. The van der Waals surface area contributed by atoms with Crippen molar-refractivity contribution < 1.29 is 9.00 Å². The number of carbonyl (C=O) groups is 1. The average Bonchev–Trinajstić information content (AvgIpc) is 2.47. The average molecular weight is 365 g/mol. The minimum Gasteiger partial charge on any atom is -0.293 e. The highest BCUT2D eigenvalue weighted by Crippen LogP contribution is 2.20. The van der Waals surface area contributed by atoms with E-state index in [-0.39, 0.29) is 5.78 Å². The lowest BCUT2D eigenvalue weighted by molar-refractivity contribution is 0.0992. The Kier molecular flexibility index (Phi) is 5.12. The number of carbonyl (C=O) groups excluding carboxylic acids is 1. The topological polar surface area (TPSA) is 34.1 Å². The number of ketones is 1. The van der Waals surface area contributed by atoms with Crippen LogP contribution >= 0.6 is 15.9 Å².